The van der Waals surface area contributed by atoms with Gasteiger partial charge >= 0.3 is 0 Å². The van der Waals surface area contributed by atoms with Crippen molar-refractivity contribution < 1.29 is 9.32 Å². The van der Waals surface area contributed by atoms with Crippen molar-refractivity contribution in [2.24, 2.45) is 0 Å². The fraction of sp³-hybridized carbons (Fsp3) is 0.227. The average Bonchev–Trinajstić information content (AvgIpc) is 3.29. The van der Waals surface area contributed by atoms with Crippen LogP contribution in [0.3, 0.4) is 0 Å². The number of aryl methyl sites for hydroxylation is 3. The van der Waals surface area contributed by atoms with Crippen molar-refractivity contribution in [1.29, 1.82) is 0 Å². The van der Waals surface area contributed by atoms with Gasteiger partial charge in [0, 0.05) is 16.3 Å². The van der Waals surface area contributed by atoms with Crippen molar-refractivity contribution in [2.75, 3.05) is 0 Å². The van der Waals surface area contributed by atoms with Crippen LogP contribution in [0.2, 0.25) is 0 Å². The lowest BCUT2D eigenvalue weighted by Gasteiger charge is -2.03. The number of hydrogen-bond donors (Lipinski definition) is 1. The third kappa shape index (κ3) is 3.68. The first-order valence-corrected chi connectivity index (χ1v) is 10.0. The molecule has 0 atom stereocenters. The summed E-state index contributed by atoms with van der Waals surface area (Å²) in [7, 11) is 0. The SMILES string of the molecule is Cc1cc2onc(CC(=O)NCc3csc(-c4ccccc4C)n3)c2cc1C. The summed E-state index contributed by atoms with van der Waals surface area (Å²) in [6.07, 6.45) is 0.185. The van der Waals surface area contributed by atoms with Crippen LogP contribution in [0.1, 0.15) is 28.1 Å². The number of carbonyl (C=O) groups is 1. The smallest absolute Gasteiger partial charge is 0.226 e. The Hall–Kier alpha value is -2.99. The van der Waals surface area contributed by atoms with Gasteiger partial charge in [-0.2, -0.15) is 0 Å². The second-order valence-corrected chi connectivity index (χ2v) is 7.83. The third-order valence-electron chi connectivity index (χ3n) is 4.88. The lowest BCUT2D eigenvalue weighted by molar-refractivity contribution is -0.120. The first kappa shape index (κ1) is 18.4. The normalized spacial score (nSPS) is 11.1. The lowest BCUT2D eigenvalue weighted by atomic mass is 10.1. The first-order chi connectivity index (χ1) is 13.5. The van der Waals surface area contributed by atoms with Crippen molar-refractivity contribution in [3.63, 3.8) is 0 Å². The number of nitrogens with one attached hydrogen (secondary N) is 1. The summed E-state index contributed by atoms with van der Waals surface area (Å²) >= 11 is 1.59. The van der Waals surface area contributed by atoms with E-state index in [4.69, 9.17) is 4.52 Å². The zero-order valence-corrected chi connectivity index (χ0v) is 16.9. The third-order valence-corrected chi connectivity index (χ3v) is 5.81. The maximum Gasteiger partial charge on any atom is 0.226 e. The molecule has 0 saturated carbocycles. The Morgan fingerprint density at radius 3 is 2.71 bits per heavy atom. The Bertz CT molecular complexity index is 1160. The van der Waals surface area contributed by atoms with E-state index in [-0.39, 0.29) is 12.3 Å². The molecule has 2 aromatic carbocycles. The molecule has 2 heterocycles. The summed E-state index contributed by atoms with van der Waals surface area (Å²) < 4.78 is 5.37. The highest BCUT2D eigenvalue weighted by atomic mass is 32.1. The molecular weight excluding hydrogens is 370 g/mol. The van der Waals surface area contributed by atoms with Crippen molar-refractivity contribution >= 4 is 28.2 Å². The molecule has 0 fully saturated rings. The largest absolute Gasteiger partial charge is 0.356 e. The lowest BCUT2D eigenvalue weighted by Crippen LogP contribution is -2.24. The topological polar surface area (TPSA) is 68.0 Å². The second-order valence-electron chi connectivity index (χ2n) is 6.97. The summed E-state index contributed by atoms with van der Waals surface area (Å²) in [5, 5.41) is 10.9. The maximum atomic E-state index is 12.4. The van der Waals surface area contributed by atoms with E-state index in [1.807, 2.05) is 43.5 Å². The minimum atomic E-state index is -0.0983. The van der Waals surface area contributed by atoms with E-state index in [2.05, 4.69) is 34.5 Å². The molecule has 6 heteroatoms. The standard InChI is InChI=1S/C22H21N3O2S/c1-13-6-4-5-7-17(13)22-24-16(12-28-22)11-23-21(26)10-19-18-8-14(2)15(3)9-20(18)27-25-19/h4-9,12H,10-11H2,1-3H3,(H,23,26). The van der Waals surface area contributed by atoms with E-state index < -0.39 is 0 Å². The Morgan fingerprint density at radius 1 is 1.11 bits per heavy atom. The Morgan fingerprint density at radius 2 is 1.89 bits per heavy atom. The van der Waals surface area contributed by atoms with E-state index in [1.54, 1.807) is 11.3 Å². The van der Waals surface area contributed by atoms with Crippen LogP contribution in [0, 0.1) is 20.8 Å². The van der Waals surface area contributed by atoms with Gasteiger partial charge in [0.1, 0.15) is 10.7 Å². The van der Waals surface area contributed by atoms with Gasteiger partial charge in [-0.25, -0.2) is 4.98 Å². The maximum absolute atomic E-state index is 12.4. The number of thiazole rings is 1. The van der Waals surface area contributed by atoms with Gasteiger partial charge < -0.3 is 9.84 Å². The van der Waals surface area contributed by atoms with E-state index in [0.29, 0.717) is 17.8 Å². The number of nitrogens with zero attached hydrogens (tertiary/aromatic N) is 2. The van der Waals surface area contributed by atoms with Crippen LogP contribution < -0.4 is 5.32 Å². The molecule has 0 unspecified atom stereocenters. The van der Waals surface area contributed by atoms with Gasteiger partial charge in [-0.3, -0.25) is 4.79 Å². The molecule has 0 aliphatic carbocycles. The van der Waals surface area contributed by atoms with Crippen LogP contribution in [0.4, 0.5) is 0 Å². The summed E-state index contributed by atoms with van der Waals surface area (Å²) in [5.41, 5.74) is 6.85. The van der Waals surface area contributed by atoms with E-state index in [1.165, 1.54) is 5.56 Å². The molecule has 28 heavy (non-hydrogen) atoms. The number of benzene rings is 2. The van der Waals surface area contributed by atoms with Crippen LogP contribution in [0.25, 0.3) is 21.5 Å². The molecule has 1 amide bonds. The molecule has 4 rings (SSSR count). The van der Waals surface area contributed by atoms with Crippen molar-refractivity contribution in [3.8, 4) is 10.6 Å². The van der Waals surface area contributed by atoms with Gasteiger partial charge in [-0.15, -0.1) is 11.3 Å². The van der Waals surface area contributed by atoms with Crippen LogP contribution in [-0.2, 0) is 17.8 Å². The minimum Gasteiger partial charge on any atom is -0.356 e. The molecule has 0 aliphatic heterocycles. The monoisotopic (exact) mass is 391 g/mol. The second kappa shape index (κ2) is 7.56. The van der Waals surface area contributed by atoms with Gasteiger partial charge in [0.05, 0.1) is 18.7 Å². The quantitative estimate of drug-likeness (QED) is 0.534. The van der Waals surface area contributed by atoms with Crippen LogP contribution in [0.5, 0.6) is 0 Å². The molecule has 0 spiro atoms. The Balaban J connectivity index is 1.42. The summed E-state index contributed by atoms with van der Waals surface area (Å²) in [5.74, 6) is -0.0983. The van der Waals surface area contributed by atoms with Gasteiger partial charge in [0.15, 0.2) is 5.58 Å². The summed E-state index contributed by atoms with van der Waals surface area (Å²) in [6, 6.07) is 12.2. The highest BCUT2D eigenvalue weighted by Crippen LogP contribution is 2.26. The molecule has 0 saturated heterocycles. The zero-order chi connectivity index (χ0) is 19.7. The van der Waals surface area contributed by atoms with Crippen molar-refractivity contribution in [3.05, 3.63) is 69.9 Å². The van der Waals surface area contributed by atoms with Crippen LogP contribution in [-0.4, -0.2) is 16.0 Å². The number of amides is 1. The molecule has 0 bridgehead atoms. The molecule has 4 aromatic rings. The highest BCUT2D eigenvalue weighted by molar-refractivity contribution is 7.13. The van der Waals surface area contributed by atoms with E-state index in [0.717, 1.165) is 32.8 Å². The number of aromatic nitrogens is 2. The van der Waals surface area contributed by atoms with Crippen LogP contribution in [0.15, 0.2) is 46.3 Å². The predicted octanol–water partition coefficient (Wildman–Crippen LogP) is 4.74. The molecule has 5 nitrogen and oxygen atoms in total. The fourth-order valence-corrected chi connectivity index (χ4v) is 4.01. The number of hydrogen-bond acceptors (Lipinski definition) is 5. The molecule has 0 aliphatic rings. The fourth-order valence-electron chi connectivity index (χ4n) is 3.10. The van der Waals surface area contributed by atoms with Gasteiger partial charge in [0.25, 0.3) is 0 Å². The van der Waals surface area contributed by atoms with Crippen molar-refractivity contribution in [1.82, 2.24) is 15.5 Å². The molecule has 0 radical (unpaired) electrons. The van der Waals surface area contributed by atoms with Crippen LogP contribution >= 0.6 is 11.3 Å². The Kier molecular flexibility index (Phi) is 4.96. The zero-order valence-electron chi connectivity index (χ0n) is 16.1. The van der Waals surface area contributed by atoms with E-state index in [9.17, 15) is 4.79 Å². The summed E-state index contributed by atoms with van der Waals surface area (Å²) in [4.78, 5) is 17.0. The molecule has 2 aromatic heterocycles. The van der Waals surface area contributed by atoms with E-state index >= 15 is 0 Å². The molecular formula is C22H21N3O2S. The van der Waals surface area contributed by atoms with Gasteiger partial charge in [0.2, 0.25) is 5.91 Å². The Labute approximate surface area is 167 Å². The number of rotatable bonds is 5. The van der Waals surface area contributed by atoms with Crippen molar-refractivity contribution in [2.45, 2.75) is 33.7 Å². The highest BCUT2D eigenvalue weighted by Gasteiger charge is 2.14. The summed E-state index contributed by atoms with van der Waals surface area (Å²) in [6.45, 7) is 6.54. The molecule has 142 valence electrons. The molecule has 1 N–H and O–H groups in total. The average molecular weight is 391 g/mol. The predicted molar refractivity (Wildman–Crippen MR) is 111 cm³/mol. The number of carbonyl (C=O) groups excluding carboxylic acids is 1. The first-order valence-electron chi connectivity index (χ1n) is 9.14. The minimum absolute atomic E-state index is 0.0983. The van der Waals surface area contributed by atoms with Gasteiger partial charge in [-0.1, -0.05) is 29.4 Å². The van der Waals surface area contributed by atoms with Gasteiger partial charge in [-0.05, 0) is 49.6 Å². The number of fused-ring (bicyclic) bond motifs is 1.